The molecule has 2 rings (SSSR count). The Kier molecular flexibility index (Phi) is 6.33. The van der Waals surface area contributed by atoms with E-state index in [1.807, 2.05) is 0 Å². The van der Waals surface area contributed by atoms with E-state index in [1.165, 1.54) is 18.4 Å². The highest BCUT2D eigenvalue weighted by atomic mass is 35.5. The third kappa shape index (κ3) is 4.84. The molecule has 7 heteroatoms. The summed E-state index contributed by atoms with van der Waals surface area (Å²) in [5.41, 5.74) is 6.85. The van der Waals surface area contributed by atoms with E-state index in [0.29, 0.717) is 30.1 Å². The Morgan fingerprint density at radius 1 is 1.43 bits per heavy atom. The van der Waals surface area contributed by atoms with Crippen LogP contribution < -0.4 is 11.1 Å². The molecule has 0 radical (unpaired) electrons. The summed E-state index contributed by atoms with van der Waals surface area (Å²) in [7, 11) is 0. The summed E-state index contributed by atoms with van der Waals surface area (Å²) in [5.74, 6) is -0.0788. The number of carbonyl (C=O) groups excluding carboxylic acids is 1. The van der Waals surface area contributed by atoms with Crippen LogP contribution in [0.3, 0.4) is 0 Å². The summed E-state index contributed by atoms with van der Waals surface area (Å²) < 4.78 is 18.1. The first-order valence-corrected chi connectivity index (χ1v) is 6.30. The van der Waals surface area contributed by atoms with Crippen molar-refractivity contribution in [1.29, 1.82) is 0 Å². The van der Waals surface area contributed by atoms with Crippen molar-refractivity contribution in [2.45, 2.75) is 19.4 Å². The molecule has 3 N–H and O–H groups in total. The Labute approximate surface area is 128 Å². The van der Waals surface area contributed by atoms with E-state index in [-0.39, 0.29) is 24.1 Å². The van der Waals surface area contributed by atoms with Crippen molar-refractivity contribution in [3.8, 4) is 11.5 Å². The lowest BCUT2D eigenvalue weighted by Crippen LogP contribution is -2.39. The van der Waals surface area contributed by atoms with Crippen molar-refractivity contribution in [3.63, 3.8) is 0 Å². The van der Waals surface area contributed by atoms with E-state index in [1.54, 1.807) is 19.1 Å². The van der Waals surface area contributed by atoms with E-state index in [4.69, 9.17) is 10.2 Å². The normalized spacial score (nSPS) is 11.6. The van der Waals surface area contributed by atoms with Crippen molar-refractivity contribution >= 4 is 18.3 Å². The second kappa shape index (κ2) is 7.75. The third-order valence-electron chi connectivity index (χ3n) is 2.74. The predicted octanol–water partition coefficient (Wildman–Crippen LogP) is 1.91. The zero-order chi connectivity index (χ0) is 14.5. The molecule has 1 atom stereocenters. The average molecular weight is 314 g/mol. The van der Waals surface area contributed by atoms with Crippen LogP contribution in [-0.2, 0) is 11.2 Å². The zero-order valence-electron chi connectivity index (χ0n) is 11.5. The van der Waals surface area contributed by atoms with Crippen LogP contribution >= 0.6 is 12.4 Å². The van der Waals surface area contributed by atoms with Gasteiger partial charge in [-0.25, -0.2) is 9.37 Å². The minimum absolute atomic E-state index is 0. The standard InChI is InChI=1S/C14H16FN3O2.ClH/c1-9(16)13(19)17-7-6-12-8-20-14(18-12)10-2-4-11(15)5-3-10;/h2-5,8-9H,6-7,16H2,1H3,(H,17,19);1H/t9-;/m0./s1. The Morgan fingerprint density at radius 2 is 2.10 bits per heavy atom. The van der Waals surface area contributed by atoms with Crippen LogP contribution in [0.25, 0.3) is 11.5 Å². The van der Waals surface area contributed by atoms with Gasteiger partial charge in [0.15, 0.2) is 0 Å². The molecule has 1 aromatic carbocycles. The molecule has 0 unspecified atom stereocenters. The van der Waals surface area contributed by atoms with Gasteiger partial charge in [-0.3, -0.25) is 4.79 Å². The molecule has 1 heterocycles. The SMILES string of the molecule is C[C@H](N)C(=O)NCCc1coc(-c2ccc(F)cc2)n1.Cl. The van der Waals surface area contributed by atoms with Gasteiger partial charge in [-0.2, -0.15) is 0 Å². The van der Waals surface area contributed by atoms with E-state index in [0.717, 1.165) is 0 Å². The number of halogens is 2. The molecule has 1 amide bonds. The van der Waals surface area contributed by atoms with Crippen molar-refractivity contribution < 1.29 is 13.6 Å². The Hall–Kier alpha value is -1.92. The number of hydrogen-bond acceptors (Lipinski definition) is 4. The van der Waals surface area contributed by atoms with E-state index in [2.05, 4.69) is 10.3 Å². The fourth-order valence-corrected chi connectivity index (χ4v) is 1.62. The average Bonchev–Trinajstić information content (AvgIpc) is 2.88. The molecule has 0 spiro atoms. The van der Waals surface area contributed by atoms with Gasteiger partial charge < -0.3 is 15.5 Å². The molecule has 0 saturated heterocycles. The van der Waals surface area contributed by atoms with E-state index in [9.17, 15) is 9.18 Å². The van der Waals surface area contributed by atoms with Gasteiger partial charge in [0.2, 0.25) is 11.8 Å². The number of nitrogens with two attached hydrogens (primary N) is 1. The highest BCUT2D eigenvalue weighted by molar-refractivity contribution is 5.85. The minimum atomic E-state index is -0.526. The second-order valence-electron chi connectivity index (χ2n) is 4.48. The fraction of sp³-hybridized carbons (Fsp3) is 0.286. The molecule has 2 aromatic rings. The molecule has 21 heavy (non-hydrogen) atoms. The highest BCUT2D eigenvalue weighted by Crippen LogP contribution is 2.18. The topological polar surface area (TPSA) is 81.2 Å². The molecular weight excluding hydrogens is 297 g/mol. The number of rotatable bonds is 5. The maximum absolute atomic E-state index is 12.8. The lowest BCUT2D eigenvalue weighted by atomic mass is 10.2. The second-order valence-corrected chi connectivity index (χ2v) is 4.48. The molecule has 0 fully saturated rings. The summed E-state index contributed by atoms with van der Waals surface area (Å²) in [5, 5.41) is 2.69. The Balaban J connectivity index is 0.00000220. The van der Waals surface area contributed by atoms with E-state index >= 15 is 0 Å². The Bertz CT molecular complexity index is 584. The van der Waals surface area contributed by atoms with Crippen molar-refractivity contribution in [3.05, 3.63) is 42.0 Å². The largest absolute Gasteiger partial charge is 0.444 e. The van der Waals surface area contributed by atoms with Crippen LogP contribution in [0.4, 0.5) is 4.39 Å². The van der Waals surface area contributed by atoms with Crippen molar-refractivity contribution in [2.75, 3.05) is 6.54 Å². The van der Waals surface area contributed by atoms with Crippen molar-refractivity contribution in [1.82, 2.24) is 10.3 Å². The van der Waals surface area contributed by atoms with Gasteiger partial charge >= 0.3 is 0 Å². The number of hydrogen-bond donors (Lipinski definition) is 2. The van der Waals surface area contributed by atoms with Gasteiger partial charge in [0.25, 0.3) is 0 Å². The van der Waals surface area contributed by atoms with Crippen molar-refractivity contribution in [2.24, 2.45) is 5.73 Å². The molecule has 114 valence electrons. The van der Waals surface area contributed by atoms with Gasteiger partial charge in [-0.05, 0) is 31.2 Å². The van der Waals surface area contributed by atoms with Crippen LogP contribution in [0.5, 0.6) is 0 Å². The summed E-state index contributed by atoms with van der Waals surface area (Å²) in [6.45, 7) is 2.06. The number of amides is 1. The van der Waals surface area contributed by atoms with Crippen LogP contribution in [0.15, 0.2) is 34.9 Å². The van der Waals surface area contributed by atoms with Gasteiger partial charge in [0.05, 0.1) is 11.7 Å². The molecule has 0 aliphatic rings. The van der Waals surface area contributed by atoms with Crippen LogP contribution in [0.2, 0.25) is 0 Å². The number of aromatic nitrogens is 1. The smallest absolute Gasteiger partial charge is 0.236 e. The summed E-state index contributed by atoms with van der Waals surface area (Å²) in [6.07, 6.45) is 2.07. The van der Waals surface area contributed by atoms with Crippen LogP contribution in [0, 0.1) is 5.82 Å². The number of nitrogens with one attached hydrogen (secondary N) is 1. The fourth-order valence-electron chi connectivity index (χ4n) is 1.62. The molecule has 0 bridgehead atoms. The van der Waals surface area contributed by atoms with Gasteiger partial charge in [0.1, 0.15) is 12.1 Å². The minimum Gasteiger partial charge on any atom is -0.444 e. The third-order valence-corrected chi connectivity index (χ3v) is 2.74. The number of benzene rings is 1. The molecule has 0 saturated carbocycles. The monoisotopic (exact) mass is 313 g/mol. The number of carbonyl (C=O) groups is 1. The van der Waals surface area contributed by atoms with Crippen LogP contribution in [0.1, 0.15) is 12.6 Å². The number of nitrogens with zero attached hydrogens (tertiary/aromatic N) is 1. The lowest BCUT2D eigenvalue weighted by molar-refractivity contribution is -0.121. The molecule has 5 nitrogen and oxygen atoms in total. The first kappa shape index (κ1) is 17.1. The molecule has 0 aliphatic carbocycles. The maximum Gasteiger partial charge on any atom is 0.236 e. The zero-order valence-corrected chi connectivity index (χ0v) is 12.3. The number of oxazole rings is 1. The molecule has 0 aliphatic heterocycles. The van der Waals surface area contributed by atoms with Gasteiger partial charge in [-0.1, -0.05) is 0 Å². The Morgan fingerprint density at radius 3 is 2.71 bits per heavy atom. The summed E-state index contributed by atoms with van der Waals surface area (Å²) >= 11 is 0. The quantitative estimate of drug-likeness (QED) is 0.883. The van der Waals surface area contributed by atoms with Gasteiger partial charge in [0, 0.05) is 18.5 Å². The van der Waals surface area contributed by atoms with E-state index < -0.39 is 6.04 Å². The molecular formula is C14H17ClFN3O2. The van der Waals surface area contributed by atoms with Crippen LogP contribution in [-0.4, -0.2) is 23.5 Å². The first-order chi connectivity index (χ1) is 9.56. The predicted molar refractivity (Wildman–Crippen MR) is 79.5 cm³/mol. The summed E-state index contributed by atoms with van der Waals surface area (Å²) in [6, 6.07) is 5.37. The maximum atomic E-state index is 12.8. The highest BCUT2D eigenvalue weighted by Gasteiger charge is 2.09. The van der Waals surface area contributed by atoms with Gasteiger partial charge in [-0.15, -0.1) is 12.4 Å². The lowest BCUT2D eigenvalue weighted by Gasteiger charge is -2.05. The molecule has 1 aromatic heterocycles. The summed E-state index contributed by atoms with van der Waals surface area (Å²) in [4.78, 5) is 15.6. The first-order valence-electron chi connectivity index (χ1n) is 6.30.